The lowest BCUT2D eigenvalue weighted by molar-refractivity contribution is 0.0943. The van der Waals surface area contributed by atoms with Crippen molar-refractivity contribution in [2.45, 2.75) is 19.9 Å². The molecule has 1 unspecified atom stereocenters. The maximum absolute atomic E-state index is 12.8. The topological polar surface area (TPSA) is 85.2 Å². The first kappa shape index (κ1) is 18.6. The highest BCUT2D eigenvalue weighted by Gasteiger charge is 2.21. The van der Waals surface area contributed by atoms with Crippen LogP contribution < -0.4 is 10.2 Å². The van der Waals surface area contributed by atoms with Crippen LogP contribution in [0.4, 0.5) is 5.13 Å². The van der Waals surface area contributed by atoms with Gasteiger partial charge >= 0.3 is 0 Å². The van der Waals surface area contributed by atoms with Gasteiger partial charge in [0.2, 0.25) is 0 Å². The Morgan fingerprint density at radius 1 is 1.25 bits per heavy atom. The molecule has 2 aromatic heterocycles. The Balaban J connectivity index is 1.43. The highest BCUT2D eigenvalue weighted by Crippen LogP contribution is 2.27. The normalized spacial score (nSPS) is 15.4. The van der Waals surface area contributed by atoms with Crippen molar-refractivity contribution in [2.75, 3.05) is 31.2 Å². The van der Waals surface area contributed by atoms with E-state index >= 15 is 0 Å². The molecule has 4 rings (SSSR count). The zero-order valence-electron chi connectivity index (χ0n) is 15.8. The number of carbonyl (C=O) groups is 1. The summed E-state index contributed by atoms with van der Waals surface area (Å²) < 4.78 is 7.08. The highest BCUT2D eigenvalue weighted by molar-refractivity contribution is 7.17. The number of hydrogen-bond donors (Lipinski definition) is 1. The van der Waals surface area contributed by atoms with E-state index in [-0.39, 0.29) is 11.9 Å². The number of thiazole rings is 1. The maximum atomic E-state index is 12.8. The number of morpholine rings is 1. The van der Waals surface area contributed by atoms with E-state index in [0.717, 1.165) is 35.2 Å². The summed E-state index contributed by atoms with van der Waals surface area (Å²) in [5.41, 5.74) is 2.71. The molecule has 0 radical (unpaired) electrons. The van der Waals surface area contributed by atoms with Gasteiger partial charge in [-0.2, -0.15) is 5.10 Å². The number of benzene rings is 1. The minimum absolute atomic E-state index is 0.0950. The Bertz CT molecular complexity index is 932. The third-order valence-corrected chi connectivity index (χ3v) is 5.91. The largest absolute Gasteiger partial charge is 0.378 e. The van der Waals surface area contributed by atoms with Crippen LogP contribution >= 0.6 is 11.3 Å². The first-order valence-corrected chi connectivity index (χ1v) is 9.99. The van der Waals surface area contributed by atoms with Crippen LogP contribution in [0.1, 0.15) is 33.9 Å². The summed E-state index contributed by atoms with van der Waals surface area (Å²) in [6, 6.07) is 7.77. The van der Waals surface area contributed by atoms with Crippen LogP contribution in [0.25, 0.3) is 5.69 Å². The number of amides is 1. The van der Waals surface area contributed by atoms with Crippen LogP contribution in [-0.2, 0) is 4.74 Å². The Morgan fingerprint density at radius 2 is 2.00 bits per heavy atom. The second-order valence-electron chi connectivity index (χ2n) is 6.64. The summed E-state index contributed by atoms with van der Waals surface area (Å²) in [4.78, 5) is 24.2. The van der Waals surface area contributed by atoms with E-state index in [9.17, 15) is 4.79 Å². The highest BCUT2D eigenvalue weighted by atomic mass is 32.1. The quantitative estimate of drug-likeness (QED) is 0.710. The molecule has 0 spiro atoms. The Labute approximate surface area is 167 Å². The molecule has 1 aliphatic rings. The first-order valence-electron chi connectivity index (χ1n) is 9.18. The molecule has 1 fully saturated rings. The van der Waals surface area contributed by atoms with E-state index in [0.29, 0.717) is 18.1 Å². The number of nitrogens with zero attached hydrogens (tertiary/aromatic N) is 5. The van der Waals surface area contributed by atoms with Crippen LogP contribution in [0.5, 0.6) is 0 Å². The maximum Gasteiger partial charge on any atom is 0.263 e. The van der Waals surface area contributed by atoms with E-state index in [2.05, 4.69) is 25.3 Å². The van der Waals surface area contributed by atoms with E-state index < -0.39 is 0 Å². The summed E-state index contributed by atoms with van der Waals surface area (Å²) >= 11 is 1.44. The summed E-state index contributed by atoms with van der Waals surface area (Å²) in [7, 11) is 0. The standard InChI is InChI=1S/C19H22N6O2S/c1-13(15-3-5-16(6-4-15)25-12-20-11-21-25)22-18(26)17-14(2)23-19(28-17)24-7-9-27-10-8-24/h3-6,11-13H,7-10H2,1-2H3,(H,22,26). The number of anilines is 1. The van der Waals surface area contributed by atoms with Gasteiger partial charge in [-0.1, -0.05) is 23.5 Å². The van der Waals surface area contributed by atoms with Crippen molar-refractivity contribution < 1.29 is 9.53 Å². The third-order valence-electron chi connectivity index (χ3n) is 4.70. The van der Waals surface area contributed by atoms with E-state index in [1.54, 1.807) is 11.0 Å². The lowest BCUT2D eigenvalue weighted by Gasteiger charge is -2.26. The molecule has 3 aromatic rings. The van der Waals surface area contributed by atoms with Crippen LogP contribution in [0, 0.1) is 6.92 Å². The molecule has 1 amide bonds. The van der Waals surface area contributed by atoms with Crippen LogP contribution in [0.15, 0.2) is 36.9 Å². The molecule has 0 saturated carbocycles. The van der Waals surface area contributed by atoms with Gasteiger partial charge < -0.3 is 15.0 Å². The average Bonchev–Trinajstić information content (AvgIpc) is 3.39. The SMILES string of the molecule is Cc1nc(N2CCOCC2)sc1C(=O)NC(C)c1ccc(-n2cncn2)cc1. The fourth-order valence-electron chi connectivity index (χ4n) is 3.09. The zero-order chi connectivity index (χ0) is 19.5. The van der Waals surface area contributed by atoms with Crippen molar-refractivity contribution in [1.82, 2.24) is 25.1 Å². The molecule has 1 aromatic carbocycles. The second kappa shape index (κ2) is 8.07. The lowest BCUT2D eigenvalue weighted by Crippen LogP contribution is -2.36. The molecule has 1 saturated heterocycles. The monoisotopic (exact) mass is 398 g/mol. The van der Waals surface area contributed by atoms with E-state index in [1.165, 1.54) is 17.7 Å². The predicted molar refractivity (Wildman–Crippen MR) is 107 cm³/mol. The van der Waals surface area contributed by atoms with E-state index in [1.807, 2.05) is 38.1 Å². The molecule has 0 aliphatic carbocycles. The fraction of sp³-hybridized carbons (Fsp3) is 0.368. The van der Waals surface area contributed by atoms with Crippen LogP contribution in [0.3, 0.4) is 0 Å². The summed E-state index contributed by atoms with van der Waals surface area (Å²) in [6.45, 7) is 6.86. The van der Waals surface area contributed by atoms with Gasteiger partial charge in [-0.3, -0.25) is 4.79 Å². The molecule has 1 N–H and O–H groups in total. The Hall–Kier alpha value is -2.78. The summed E-state index contributed by atoms with van der Waals surface area (Å²) in [5.74, 6) is -0.0950. The smallest absolute Gasteiger partial charge is 0.263 e. The minimum atomic E-state index is -0.120. The van der Waals surface area contributed by atoms with Crippen molar-refractivity contribution >= 4 is 22.4 Å². The first-order chi connectivity index (χ1) is 13.6. The van der Waals surface area contributed by atoms with Crippen molar-refractivity contribution in [3.8, 4) is 5.69 Å². The van der Waals surface area contributed by atoms with Gasteiger partial charge in [0.15, 0.2) is 5.13 Å². The zero-order valence-corrected chi connectivity index (χ0v) is 16.6. The molecule has 9 heteroatoms. The van der Waals surface area contributed by atoms with Gasteiger partial charge in [0.1, 0.15) is 17.5 Å². The van der Waals surface area contributed by atoms with Crippen LogP contribution in [0.2, 0.25) is 0 Å². The number of carbonyl (C=O) groups excluding carboxylic acids is 1. The summed E-state index contributed by atoms with van der Waals surface area (Å²) in [5, 5.41) is 8.08. The molecular weight excluding hydrogens is 376 g/mol. The molecule has 0 bridgehead atoms. The molecule has 8 nitrogen and oxygen atoms in total. The second-order valence-corrected chi connectivity index (χ2v) is 7.61. The van der Waals surface area contributed by atoms with Crippen LogP contribution in [-0.4, -0.2) is 52.0 Å². The number of nitrogens with one attached hydrogen (secondary N) is 1. The van der Waals surface area contributed by atoms with Gasteiger partial charge in [0.05, 0.1) is 30.6 Å². The lowest BCUT2D eigenvalue weighted by atomic mass is 10.1. The molecule has 1 atom stereocenters. The molecule has 146 valence electrons. The number of aromatic nitrogens is 4. The Morgan fingerprint density at radius 3 is 2.68 bits per heavy atom. The van der Waals surface area contributed by atoms with Crippen molar-refractivity contribution in [3.63, 3.8) is 0 Å². The summed E-state index contributed by atoms with van der Waals surface area (Å²) in [6.07, 6.45) is 3.15. The Kier molecular flexibility index (Phi) is 5.36. The molecule has 3 heterocycles. The average molecular weight is 398 g/mol. The number of rotatable bonds is 5. The van der Waals surface area contributed by atoms with Gasteiger partial charge in [-0.25, -0.2) is 14.6 Å². The van der Waals surface area contributed by atoms with E-state index in [4.69, 9.17) is 4.74 Å². The van der Waals surface area contributed by atoms with Gasteiger partial charge in [0, 0.05) is 13.1 Å². The third kappa shape index (κ3) is 3.90. The number of ether oxygens (including phenoxy) is 1. The fourth-order valence-corrected chi connectivity index (χ4v) is 4.11. The van der Waals surface area contributed by atoms with Crippen molar-refractivity contribution in [3.05, 3.63) is 53.1 Å². The molecule has 28 heavy (non-hydrogen) atoms. The van der Waals surface area contributed by atoms with Crippen molar-refractivity contribution in [1.29, 1.82) is 0 Å². The van der Waals surface area contributed by atoms with Gasteiger partial charge in [0.25, 0.3) is 5.91 Å². The van der Waals surface area contributed by atoms with Crippen molar-refractivity contribution in [2.24, 2.45) is 0 Å². The minimum Gasteiger partial charge on any atom is -0.378 e. The molecular formula is C19H22N6O2S. The van der Waals surface area contributed by atoms with Gasteiger partial charge in [-0.05, 0) is 31.5 Å². The number of hydrogen-bond acceptors (Lipinski definition) is 7. The predicted octanol–water partition coefficient (Wildman–Crippen LogP) is 2.36. The molecule has 1 aliphatic heterocycles. The number of aryl methyl sites for hydroxylation is 1. The van der Waals surface area contributed by atoms with Gasteiger partial charge in [-0.15, -0.1) is 0 Å².